The minimum absolute atomic E-state index is 0.144. The molecule has 0 bridgehead atoms. The fraction of sp³-hybridized carbons (Fsp3) is 0.333. The number of hydrogen-bond donors (Lipinski definition) is 1. The van der Waals surface area contributed by atoms with Gasteiger partial charge in [0, 0.05) is 17.6 Å². The molecule has 3 aromatic carbocycles. The molecular formula is C30H33ClF3N3O4S. The Bertz CT molecular complexity index is 1510. The van der Waals surface area contributed by atoms with E-state index in [0.717, 1.165) is 17.7 Å². The summed E-state index contributed by atoms with van der Waals surface area (Å²) in [5.74, 6) is -1.29. The zero-order valence-electron chi connectivity index (χ0n) is 23.7. The Morgan fingerprint density at radius 3 is 2.21 bits per heavy atom. The standard InChI is InChI=1S/C30H33ClF3N3O4S/c1-5-21(3)35-29(39)22(4)36(18-23-9-6-7-12-27(23)31)28(38)19-37(25-11-8-10-24(17-25)30(32,33)34)42(40,41)26-15-13-20(2)14-16-26/h6-17,21-22H,5,18-19H2,1-4H3,(H,35,39)/t21-,22-/m0/s1. The van der Waals surface area contributed by atoms with Crippen LogP contribution in [0.15, 0.2) is 77.7 Å². The first-order chi connectivity index (χ1) is 19.6. The topological polar surface area (TPSA) is 86.8 Å². The maximum atomic E-state index is 13.9. The van der Waals surface area contributed by atoms with Gasteiger partial charge in [0.05, 0.1) is 16.1 Å². The summed E-state index contributed by atoms with van der Waals surface area (Å²) >= 11 is 6.34. The molecule has 0 aliphatic carbocycles. The van der Waals surface area contributed by atoms with E-state index in [-0.39, 0.29) is 23.2 Å². The lowest BCUT2D eigenvalue weighted by Gasteiger charge is -2.32. The van der Waals surface area contributed by atoms with Crippen LogP contribution in [0.3, 0.4) is 0 Å². The van der Waals surface area contributed by atoms with Gasteiger partial charge in [0.15, 0.2) is 0 Å². The molecule has 226 valence electrons. The Morgan fingerprint density at radius 2 is 1.62 bits per heavy atom. The van der Waals surface area contributed by atoms with Gasteiger partial charge < -0.3 is 10.2 Å². The van der Waals surface area contributed by atoms with Crippen molar-refractivity contribution >= 4 is 39.1 Å². The first-order valence-corrected chi connectivity index (χ1v) is 15.1. The molecule has 0 radical (unpaired) electrons. The molecule has 0 aliphatic heterocycles. The van der Waals surface area contributed by atoms with E-state index in [2.05, 4.69) is 5.32 Å². The van der Waals surface area contributed by atoms with Crippen LogP contribution in [0.25, 0.3) is 0 Å². The van der Waals surface area contributed by atoms with Gasteiger partial charge in [-0.25, -0.2) is 8.42 Å². The molecule has 0 aromatic heterocycles. The van der Waals surface area contributed by atoms with Gasteiger partial charge in [0.25, 0.3) is 10.0 Å². The lowest BCUT2D eigenvalue weighted by atomic mass is 10.1. The predicted molar refractivity (Wildman–Crippen MR) is 157 cm³/mol. The van der Waals surface area contributed by atoms with Crippen LogP contribution in [-0.4, -0.2) is 43.8 Å². The molecule has 0 aliphatic rings. The van der Waals surface area contributed by atoms with Crippen molar-refractivity contribution in [3.05, 3.63) is 94.5 Å². The van der Waals surface area contributed by atoms with Crippen LogP contribution in [0.4, 0.5) is 18.9 Å². The van der Waals surface area contributed by atoms with Crippen molar-refractivity contribution in [2.75, 3.05) is 10.8 Å². The van der Waals surface area contributed by atoms with Crippen LogP contribution in [0.5, 0.6) is 0 Å². The molecule has 0 heterocycles. The Morgan fingerprint density at radius 1 is 0.976 bits per heavy atom. The van der Waals surface area contributed by atoms with Crippen molar-refractivity contribution < 1.29 is 31.2 Å². The van der Waals surface area contributed by atoms with Crippen LogP contribution < -0.4 is 9.62 Å². The fourth-order valence-corrected chi connectivity index (χ4v) is 5.66. The number of alkyl halides is 3. The highest BCUT2D eigenvalue weighted by molar-refractivity contribution is 7.92. The van der Waals surface area contributed by atoms with Crippen molar-refractivity contribution in [3.8, 4) is 0 Å². The molecule has 7 nitrogen and oxygen atoms in total. The Labute approximate surface area is 249 Å². The molecular weight excluding hydrogens is 591 g/mol. The predicted octanol–water partition coefficient (Wildman–Crippen LogP) is 6.19. The number of amides is 2. The number of aryl methyl sites for hydroxylation is 1. The first kappa shape index (κ1) is 32.9. The molecule has 0 saturated carbocycles. The second kappa shape index (κ2) is 13.6. The van der Waals surface area contributed by atoms with Crippen LogP contribution in [0.1, 0.15) is 43.9 Å². The van der Waals surface area contributed by atoms with Crippen LogP contribution in [0, 0.1) is 6.92 Å². The minimum atomic E-state index is -4.75. The van der Waals surface area contributed by atoms with Crippen LogP contribution in [0.2, 0.25) is 5.02 Å². The highest BCUT2D eigenvalue weighted by atomic mass is 35.5. The normalized spacial score (nSPS) is 13.2. The van der Waals surface area contributed by atoms with E-state index in [9.17, 15) is 31.2 Å². The number of rotatable bonds is 11. The third kappa shape index (κ3) is 8.04. The van der Waals surface area contributed by atoms with E-state index >= 15 is 0 Å². The summed E-state index contributed by atoms with van der Waals surface area (Å²) in [4.78, 5) is 28.0. The Hall–Kier alpha value is -3.57. The monoisotopic (exact) mass is 623 g/mol. The molecule has 2 atom stereocenters. The number of carbonyl (C=O) groups is 2. The number of anilines is 1. The van der Waals surface area contributed by atoms with E-state index in [4.69, 9.17) is 11.6 Å². The number of benzene rings is 3. The Kier molecular flexibility index (Phi) is 10.7. The molecule has 0 unspecified atom stereocenters. The van der Waals surface area contributed by atoms with E-state index in [0.29, 0.717) is 27.4 Å². The molecule has 12 heteroatoms. The van der Waals surface area contributed by atoms with Crippen molar-refractivity contribution in [3.63, 3.8) is 0 Å². The number of carbonyl (C=O) groups excluding carboxylic acids is 2. The van der Waals surface area contributed by atoms with Gasteiger partial charge >= 0.3 is 6.18 Å². The van der Waals surface area contributed by atoms with Crippen molar-refractivity contribution in [1.29, 1.82) is 0 Å². The second-order valence-electron chi connectivity index (χ2n) is 9.98. The average Bonchev–Trinajstić information content (AvgIpc) is 2.94. The summed E-state index contributed by atoms with van der Waals surface area (Å²) in [5, 5.41) is 3.14. The van der Waals surface area contributed by atoms with E-state index in [1.54, 1.807) is 50.2 Å². The number of sulfonamides is 1. The maximum absolute atomic E-state index is 13.9. The molecule has 3 aromatic rings. The van der Waals surface area contributed by atoms with Gasteiger partial charge in [-0.1, -0.05) is 60.5 Å². The lowest BCUT2D eigenvalue weighted by molar-refractivity contribution is -0.139. The van der Waals surface area contributed by atoms with E-state index in [1.807, 2.05) is 6.92 Å². The molecule has 42 heavy (non-hydrogen) atoms. The summed E-state index contributed by atoms with van der Waals surface area (Å²) in [6, 6.07) is 14.9. The van der Waals surface area contributed by atoms with Crippen molar-refractivity contribution in [2.24, 2.45) is 0 Å². The summed E-state index contributed by atoms with van der Waals surface area (Å²) < 4.78 is 69.1. The first-order valence-electron chi connectivity index (χ1n) is 13.2. The smallest absolute Gasteiger partial charge is 0.352 e. The van der Waals surface area contributed by atoms with Gasteiger partial charge in [-0.3, -0.25) is 13.9 Å². The number of nitrogens with zero attached hydrogens (tertiary/aromatic N) is 2. The highest BCUT2D eigenvalue weighted by Crippen LogP contribution is 2.33. The molecule has 0 fully saturated rings. The zero-order chi connectivity index (χ0) is 31.2. The van der Waals surface area contributed by atoms with Gasteiger partial charge in [0.2, 0.25) is 11.8 Å². The quantitative estimate of drug-likeness (QED) is 0.276. The number of hydrogen-bond acceptors (Lipinski definition) is 4. The SMILES string of the molecule is CC[C@H](C)NC(=O)[C@H](C)N(Cc1ccccc1Cl)C(=O)CN(c1cccc(C(F)(F)F)c1)S(=O)(=O)c1ccc(C)cc1. The van der Waals surface area contributed by atoms with Gasteiger partial charge in [-0.05, 0) is 69.2 Å². The third-order valence-corrected chi connectivity index (χ3v) is 8.97. The summed E-state index contributed by atoms with van der Waals surface area (Å²) in [7, 11) is -4.52. The molecule has 0 spiro atoms. The largest absolute Gasteiger partial charge is 0.416 e. The van der Waals surface area contributed by atoms with Crippen LogP contribution in [-0.2, 0) is 32.3 Å². The maximum Gasteiger partial charge on any atom is 0.416 e. The average molecular weight is 624 g/mol. The van der Waals surface area contributed by atoms with Crippen molar-refractivity contribution in [2.45, 2.75) is 63.8 Å². The minimum Gasteiger partial charge on any atom is -0.352 e. The summed E-state index contributed by atoms with van der Waals surface area (Å²) in [5.41, 5.74) is -0.163. The number of halogens is 4. The molecule has 0 saturated heterocycles. The molecule has 1 N–H and O–H groups in total. The van der Waals surface area contributed by atoms with E-state index in [1.165, 1.54) is 30.0 Å². The summed E-state index contributed by atoms with van der Waals surface area (Å²) in [6.45, 7) is 5.91. The van der Waals surface area contributed by atoms with E-state index < -0.39 is 46.2 Å². The van der Waals surface area contributed by atoms with Gasteiger partial charge in [0.1, 0.15) is 12.6 Å². The fourth-order valence-electron chi connectivity index (χ4n) is 4.06. The van der Waals surface area contributed by atoms with Gasteiger partial charge in [-0.2, -0.15) is 13.2 Å². The zero-order valence-corrected chi connectivity index (χ0v) is 25.2. The Balaban J connectivity index is 2.10. The third-order valence-electron chi connectivity index (χ3n) is 6.82. The molecule has 3 rings (SSSR count). The molecule has 2 amide bonds. The highest BCUT2D eigenvalue weighted by Gasteiger charge is 2.35. The van der Waals surface area contributed by atoms with Crippen LogP contribution >= 0.6 is 11.6 Å². The second-order valence-corrected chi connectivity index (χ2v) is 12.2. The lowest BCUT2D eigenvalue weighted by Crippen LogP contribution is -2.52. The van der Waals surface area contributed by atoms with Gasteiger partial charge in [-0.15, -0.1) is 0 Å². The van der Waals surface area contributed by atoms with Crippen molar-refractivity contribution in [1.82, 2.24) is 10.2 Å². The number of nitrogens with one attached hydrogen (secondary N) is 1. The summed E-state index contributed by atoms with van der Waals surface area (Å²) in [6.07, 6.45) is -4.12.